The summed E-state index contributed by atoms with van der Waals surface area (Å²) in [6.45, 7) is 4.58. The van der Waals surface area contributed by atoms with Gasteiger partial charge in [0.2, 0.25) is 15.9 Å². The molecule has 3 aliphatic heterocycles. The van der Waals surface area contributed by atoms with E-state index in [1.807, 2.05) is 29.2 Å². The van der Waals surface area contributed by atoms with Crippen LogP contribution >= 0.6 is 11.3 Å². The highest BCUT2D eigenvalue weighted by Gasteiger charge is 2.33. The van der Waals surface area contributed by atoms with Crippen molar-refractivity contribution in [2.45, 2.75) is 50.6 Å². The molecule has 3 amide bonds. The van der Waals surface area contributed by atoms with Crippen LogP contribution in [0.3, 0.4) is 0 Å². The number of carbonyl (C=O) groups excluding carboxylic acids is 3. The van der Waals surface area contributed by atoms with Gasteiger partial charge in [-0.25, -0.2) is 8.42 Å². The summed E-state index contributed by atoms with van der Waals surface area (Å²) in [4.78, 5) is 43.5. The number of hydrogen-bond acceptors (Lipinski definition) is 6. The van der Waals surface area contributed by atoms with Gasteiger partial charge < -0.3 is 15.1 Å². The average molecular weight is 593 g/mol. The molecule has 1 aromatic heterocycles. The summed E-state index contributed by atoms with van der Waals surface area (Å²) >= 11 is 1.34. The van der Waals surface area contributed by atoms with E-state index in [9.17, 15) is 22.8 Å². The smallest absolute Gasteiger partial charge is 0.257 e. The van der Waals surface area contributed by atoms with E-state index in [0.717, 1.165) is 34.4 Å². The number of likely N-dealkylation sites (tertiary alicyclic amines) is 1. The number of carbonyl (C=O) groups is 3. The highest BCUT2D eigenvalue weighted by molar-refractivity contribution is 7.89. The van der Waals surface area contributed by atoms with Crippen molar-refractivity contribution in [1.29, 1.82) is 0 Å². The highest BCUT2D eigenvalue weighted by atomic mass is 32.2. The summed E-state index contributed by atoms with van der Waals surface area (Å²) in [6, 6.07) is 13.8. The zero-order chi connectivity index (χ0) is 28.7. The van der Waals surface area contributed by atoms with Crippen molar-refractivity contribution < 1.29 is 22.8 Å². The molecule has 1 fully saturated rings. The number of fused-ring (bicyclic) bond motifs is 2. The van der Waals surface area contributed by atoms with Gasteiger partial charge in [-0.3, -0.25) is 14.4 Å². The number of nitrogens with zero attached hydrogens (tertiary/aromatic N) is 3. The van der Waals surface area contributed by atoms with E-state index in [1.165, 1.54) is 46.8 Å². The number of thiophene rings is 1. The van der Waals surface area contributed by atoms with Crippen LogP contribution in [0.5, 0.6) is 0 Å². The predicted molar refractivity (Wildman–Crippen MR) is 156 cm³/mol. The standard InChI is InChI=1S/C30H32N4O5S2/c1-20(35)33-16-13-25-26(19-33)40-29(27(25)30(37)32-14-4-5-15-32)31-28(36)22-8-10-24(11-9-22)41(38,39)34-17-12-21-6-2-3-7-23(21)18-34/h2-3,6-11H,4-5,12-19H2,1H3,(H,31,36). The van der Waals surface area contributed by atoms with Gasteiger partial charge in [-0.15, -0.1) is 11.3 Å². The van der Waals surface area contributed by atoms with Crippen molar-refractivity contribution in [2.24, 2.45) is 0 Å². The van der Waals surface area contributed by atoms with Crippen LogP contribution in [0.1, 0.15) is 62.0 Å². The van der Waals surface area contributed by atoms with Gasteiger partial charge in [-0.1, -0.05) is 24.3 Å². The van der Waals surface area contributed by atoms with E-state index < -0.39 is 15.9 Å². The van der Waals surface area contributed by atoms with Crippen molar-refractivity contribution in [1.82, 2.24) is 14.1 Å². The van der Waals surface area contributed by atoms with E-state index in [2.05, 4.69) is 5.32 Å². The van der Waals surface area contributed by atoms with Crippen LogP contribution in [0, 0.1) is 0 Å². The average Bonchev–Trinajstić information content (AvgIpc) is 3.64. The molecule has 0 saturated carbocycles. The van der Waals surface area contributed by atoms with Crippen molar-refractivity contribution in [3.05, 3.63) is 81.2 Å². The molecule has 3 aliphatic rings. The minimum Gasteiger partial charge on any atom is -0.339 e. The van der Waals surface area contributed by atoms with Gasteiger partial charge in [0.05, 0.1) is 17.0 Å². The molecule has 1 saturated heterocycles. The molecule has 41 heavy (non-hydrogen) atoms. The van der Waals surface area contributed by atoms with Gasteiger partial charge in [0.25, 0.3) is 11.8 Å². The lowest BCUT2D eigenvalue weighted by Gasteiger charge is -2.28. The highest BCUT2D eigenvalue weighted by Crippen LogP contribution is 2.39. The zero-order valence-electron chi connectivity index (χ0n) is 22.9. The second-order valence-corrected chi connectivity index (χ2v) is 13.8. The first-order chi connectivity index (χ1) is 19.7. The van der Waals surface area contributed by atoms with Gasteiger partial charge in [0.1, 0.15) is 5.00 Å². The number of sulfonamides is 1. The van der Waals surface area contributed by atoms with Crippen molar-refractivity contribution in [3.63, 3.8) is 0 Å². The molecule has 4 heterocycles. The van der Waals surface area contributed by atoms with Gasteiger partial charge in [0.15, 0.2) is 0 Å². The molecular weight excluding hydrogens is 560 g/mol. The number of benzene rings is 2. The van der Waals surface area contributed by atoms with E-state index in [0.29, 0.717) is 68.2 Å². The van der Waals surface area contributed by atoms with E-state index in [4.69, 9.17) is 0 Å². The summed E-state index contributed by atoms with van der Waals surface area (Å²) in [5.41, 5.74) is 3.89. The van der Waals surface area contributed by atoms with Crippen LogP contribution in [0.2, 0.25) is 0 Å². The molecule has 0 unspecified atom stereocenters. The second kappa shape index (κ2) is 11.0. The summed E-state index contributed by atoms with van der Waals surface area (Å²) in [6.07, 6.45) is 3.13. The summed E-state index contributed by atoms with van der Waals surface area (Å²) in [7, 11) is -3.73. The molecule has 9 nitrogen and oxygen atoms in total. The van der Waals surface area contributed by atoms with E-state index in [1.54, 1.807) is 4.90 Å². The number of anilines is 1. The maximum absolute atomic E-state index is 13.5. The molecule has 214 valence electrons. The quantitative estimate of drug-likeness (QED) is 0.484. The Morgan fingerprint density at radius 1 is 0.829 bits per heavy atom. The molecule has 6 rings (SSSR count). The van der Waals surface area contributed by atoms with Gasteiger partial charge in [0, 0.05) is 50.1 Å². The monoisotopic (exact) mass is 592 g/mol. The second-order valence-electron chi connectivity index (χ2n) is 10.7. The van der Waals surface area contributed by atoms with E-state index in [-0.39, 0.29) is 16.7 Å². The lowest BCUT2D eigenvalue weighted by molar-refractivity contribution is -0.129. The molecule has 3 aromatic rings. The first-order valence-corrected chi connectivity index (χ1v) is 16.2. The Morgan fingerprint density at radius 3 is 2.24 bits per heavy atom. The molecule has 2 aromatic carbocycles. The fourth-order valence-corrected chi connectivity index (χ4v) is 8.51. The van der Waals surface area contributed by atoms with Crippen LogP contribution in [-0.4, -0.2) is 66.4 Å². The van der Waals surface area contributed by atoms with Crippen molar-refractivity contribution >= 4 is 44.1 Å². The Labute approximate surface area is 243 Å². The lowest BCUT2D eigenvalue weighted by Crippen LogP contribution is -2.35. The van der Waals surface area contributed by atoms with Crippen molar-refractivity contribution in [3.8, 4) is 0 Å². The van der Waals surface area contributed by atoms with Crippen LogP contribution in [0.4, 0.5) is 5.00 Å². The molecule has 1 N–H and O–H groups in total. The van der Waals surface area contributed by atoms with Crippen LogP contribution in [-0.2, 0) is 40.7 Å². The molecule has 0 radical (unpaired) electrons. The minimum absolute atomic E-state index is 0.0224. The fourth-order valence-electron chi connectivity index (χ4n) is 5.84. The number of amides is 3. The Kier molecular flexibility index (Phi) is 7.43. The predicted octanol–water partition coefficient (Wildman–Crippen LogP) is 3.89. The Morgan fingerprint density at radius 2 is 1.54 bits per heavy atom. The fraction of sp³-hybridized carbons (Fsp3) is 0.367. The lowest BCUT2D eigenvalue weighted by atomic mass is 10.0. The Balaban J connectivity index is 1.23. The van der Waals surface area contributed by atoms with E-state index >= 15 is 0 Å². The number of rotatable bonds is 5. The van der Waals surface area contributed by atoms with Gasteiger partial charge in [-0.05, 0) is 66.6 Å². The molecule has 0 atom stereocenters. The number of nitrogens with one attached hydrogen (secondary N) is 1. The third kappa shape index (κ3) is 5.29. The van der Waals surface area contributed by atoms with Crippen molar-refractivity contribution in [2.75, 3.05) is 31.5 Å². The molecular formula is C30H32N4O5S2. The van der Waals surface area contributed by atoms with Gasteiger partial charge in [-0.2, -0.15) is 4.31 Å². The normalized spacial score (nSPS) is 17.2. The Hall–Kier alpha value is -3.54. The minimum atomic E-state index is -3.73. The summed E-state index contributed by atoms with van der Waals surface area (Å²) < 4.78 is 28.2. The topological polar surface area (TPSA) is 107 Å². The maximum atomic E-state index is 13.5. The SMILES string of the molecule is CC(=O)N1CCc2c(sc(NC(=O)c3ccc(S(=O)(=O)N4CCc5ccccc5C4)cc3)c2C(=O)N2CCCC2)C1. The van der Waals surface area contributed by atoms with Crippen LogP contribution < -0.4 is 5.32 Å². The molecule has 11 heteroatoms. The Bertz CT molecular complexity index is 1620. The number of hydrogen-bond donors (Lipinski definition) is 1. The molecule has 0 bridgehead atoms. The molecule has 0 aliphatic carbocycles. The summed E-state index contributed by atoms with van der Waals surface area (Å²) in [5.74, 6) is -0.527. The van der Waals surface area contributed by atoms with Crippen LogP contribution in [0.25, 0.3) is 0 Å². The van der Waals surface area contributed by atoms with Crippen LogP contribution in [0.15, 0.2) is 53.4 Å². The third-order valence-electron chi connectivity index (χ3n) is 8.19. The third-order valence-corrected chi connectivity index (χ3v) is 11.2. The van der Waals surface area contributed by atoms with Gasteiger partial charge >= 0.3 is 0 Å². The largest absolute Gasteiger partial charge is 0.339 e. The first-order valence-electron chi connectivity index (χ1n) is 13.9. The molecule has 0 spiro atoms. The first kappa shape index (κ1) is 27.6. The maximum Gasteiger partial charge on any atom is 0.257 e. The zero-order valence-corrected chi connectivity index (χ0v) is 24.5. The summed E-state index contributed by atoms with van der Waals surface area (Å²) in [5, 5.41) is 3.41.